The second-order valence-electron chi connectivity index (χ2n) is 1.99. The molecule has 1 N–H and O–H groups in total. The number of halogens is 2. The molecule has 0 unspecified atom stereocenters. The van der Waals surface area contributed by atoms with Crippen LogP contribution < -0.4 is 0 Å². The molecule has 0 aliphatic rings. The number of rotatable bonds is 1. The van der Waals surface area contributed by atoms with Crippen LogP contribution in [0.25, 0.3) is 0 Å². The Hall–Kier alpha value is -1.36. The van der Waals surface area contributed by atoms with Crippen LogP contribution in [0.4, 0.5) is 10.1 Å². The average molecular weight is 192 g/mol. The van der Waals surface area contributed by atoms with E-state index in [1.807, 2.05) is 0 Å². The summed E-state index contributed by atoms with van der Waals surface area (Å²) in [6.45, 7) is 0. The Kier molecular flexibility index (Phi) is 2.14. The Labute approximate surface area is 71.3 Å². The smallest absolute Gasteiger partial charge is 0.332 e. The second kappa shape index (κ2) is 2.94. The minimum Gasteiger partial charge on any atom is -0.502 e. The average Bonchev–Trinajstić information content (AvgIpc) is 1.97. The maximum Gasteiger partial charge on any atom is 0.332 e. The molecule has 0 bridgehead atoms. The zero-order valence-corrected chi connectivity index (χ0v) is 6.38. The van der Waals surface area contributed by atoms with Crippen molar-refractivity contribution in [2.75, 3.05) is 0 Å². The van der Waals surface area contributed by atoms with Gasteiger partial charge in [0.25, 0.3) is 0 Å². The number of nitro benzene ring substituents is 1. The quantitative estimate of drug-likeness (QED) is 0.546. The van der Waals surface area contributed by atoms with Crippen molar-refractivity contribution in [1.29, 1.82) is 0 Å². The van der Waals surface area contributed by atoms with Crippen LogP contribution in [0.15, 0.2) is 12.1 Å². The van der Waals surface area contributed by atoms with Gasteiger partial charge in [0.15, 0.2) is 10.8 Å². The van der Waals surface area contributed by atoms with Gasteiger partial charge < -0.3 is 5.11 Å². The summed E-state index contributed by atoms with van der Waals surface area (Å²) in [7, 11) is 0. The minimum absolute atomic E-state index is 0.647. The van der Waals surface area contributed by atoms with Crippen LogP contribution >= 0.6 is 11.6 Å². The van der Waals surface area contributed by atoms with Crippen molar-refractivity contribution in [3.05, 3.63) is 33.1 Å². The highest BCUT2D eigenvalue weighted by molar-refractivity contribution is 6.33. The predicted octanol–water partition coefficient (Wildman–Crippen LogP) is 2.09. The maximum absolute atomic E-state index is 12.6. The minimum atomic E-state index is -0.944. The second-order valence-corrected chi connectivity index (χ2v) is 2.36. The van der Waals surface area contributed by atoms with E-state index in [1.54, 1.807) is 0 Å². The van der Waals surface area contributed by atoms with E-state index in [2.05, 4.69) is 0 Å². The van der Waals surface area contributed by atoms with Crippen LogP contribution in [0.1, 0.15) is 0 Å². The van der Waals surface area contributed by atoms with Crippen molar-refractivity contribution in [2.24, 2.45) is 0 Å². The van der Waals surface area contributed by atoms with Gasteiger partial charge in [-0.3, -0.25) is 10.1 Å². The lowest BCUT2D eigenvalue weighted by Crippen LogP contribution is -1.91. The molecule has 1 aromatic rings. The van der Waals surface area contributed by atoms with Crippen LogP contribution in [0, 0.1) is 15.9 Å². The summed E-state index contributed by atoms with van der Waals surface area (Å²) in [6.07, 6.45) is 0. The van der Waals surface area contributed by atoms with Gasteiger partial charge in [-0.25, -0.2) is 4.39 Å². The number of hydrogen-bond donors (Lipinski definition) is 1. The van der Waals surface area contributed by atoms with Crippen LogP contribution in [0.2, 0.25) is 5.02 Å². The van der Waals surface area contributed by atoms with Crippen LogP contribution in [0.3, 0.4) is 0 Å². The van der Waals surface area contributed by atoms with E-state index in [1.165, 1.54) is 0 Å². The number of phenolic OH excluding ortho intramolecular Hbond substituents is 1. The lowest BCUT2D eigenvalue weighted by molar-refractivity contribution is -0.385. The number of aromatic hydroxyl groups is 1. The normalized spacial score (nSPS) is 9.83. The summed E-state index contributed by atoms with van der Waals surface area (Å²) >= 11 is 5.22. The zero-order chi connectivity index (χ0) is 9.30. The zero-order valence-electron chi connectivity index (χ0n) is 5.62. The maximum atomic E-state index is 12.6. The SMILES string of the molecule is O=[N+]([O-])c1c(O)ccc(F)c1Cl. The molecule has 1 aromatic carbocycles. The summed E-state index contributed by atoms with van der Waals surface area (Å²) in [5, 5.41) is 18.4. The van der Waals surface area contributed by atoms with Gasteiger partial charge in [0, 0.05) is 0 Å². The first-order valence-corrected chi connectivity index (χ1v) is 3.23. The Morgan fingerprint density at radius 3 is 2.58 bits per heavy atom. The third-order valence-corrected chi connectivity index (χ3v) is 1.59. The molecule has 0 aliphatic carbocycles. The molecular weight excluding hydrogens is 189 g/mol. The topological polar surface area (TPSA) is 63.4 Å². The Morgan fingerprint density at radius 2 is 2.17 bits per heavy atom. The van der Waals surface area contributed by atoms with E-state index in [9.17, 15) is 14.5 Å². The standard InChI is InChI=1S/C6H3ClFNO3/c7-5-3(8)1-2-4(10)6(5)9(11)12/h1-2,10H. The largest absolute Gasteiger partial charge is 0.502 e. The third-order valence-electron chi connectivity index (χ3n) is 1.23. The van der Waals surface area contributed by atoms with Gasteiger partial charge in [-0.05, 0) is 12.1 Å². The molecule has 0 heterocycles. The van der Waals surface area contributed by atoms with Gasteiger partial charge in [0.2, 0.25) is 0 Å². The number of nitro groups is 1. The fourth-order valence-electron chi connectivity index (χ4n) is 0.703. The van der Waals surface area contributed by atoms with Crippen molar-refractivity contribution in [3.8, 4) is 5.75 Å². The summed E-state index contributed by atoms with van der Waals surface area (Å²) in [6, 6.07) is 1.73. The first-order chi connectivity index (χ1) is 5.54. The van der Waals surface area contributed by atoms with E-state index >= 15 is 0 Å². The number of phenols is 1. The molecule has 6 heteroatoms. The van der Waals surface area contributed by atoms with Crippen LogP contribution in [0.5, 0.6) is 5.75 Å². The highest BCUT2D eigenvalue weighted by atomic mass is 35.5. The fraction of sp³-hybridized carbons (Fsp3) is 0. The first-order valence-electron chi connectivity index (χ1n) is 2.85. The molecule has 0 radical (unpaired) electrons. The summed E-state index contributed by atoms with van der Waals surface area (Å²) in [5.74, 6) is -1.58. The Morgan fingerprint density at radius 1 is 1.58 bits per heavy atom. The molecule has 0 aliphatic heterocycles. The third kappa shape index (κ3) is 1.31. The van der Waals surface area contributed by atoms with Gasteiger partial charge in [-0.15, -0.1) is 0 Å². The van der Waals surface area contributed by atoms with E-state index in [4.69, 9.17) is 16.7 Å². The highest BCUT2D eigenvalue weighted by Gasteiger charge is 2.21. The van der Waals surface area contributed by atoms with Gasteiger partial charge in [0.1, 0.15) is 5.82 Å². The van der Waals surface area contributed by atoms with E-state index < -0.39 is 27.2 Å². The number of hydrogen-bond acceptors (Lipinski definition) is 3. The van der Waals surface area contributed by atoms with Gasteiger partial charge in [-0.2, -0.15) is 0 Å². The first kappa shape index (κ1) is 8.73. The van der Waals surface area contributed by atoms with Crippen molar-refractivity contribution in [2.45, 2.75) is 0 Å². The van der Waals surface area contributed by atoms with Crippen molar-refractivity contribution < 1.29 is 14.4 Å². The molecular formula is C6H3ClFNO3. The molecule has 1 rings (SSSR count). The molecule has 0 saturated heterocycles. The molecule has 0 fully saturated rings. The van der Waals surface area contributed by atoms with Gasteiger partial charge in [-0.1, -0.05) is 11.6 Å². The molecule has 0 amide bonds. The van der Waals surface area contributed by atoms with Crippen molar-refractivity contribution in [3.63, 3.8) is 0 Å². The summed E-state index contributed by atoms with van der Waals surface area (Å²) in [5.41, 5.74) is -0.809. The van der Waals surface area contributed by atoms with E-state index in [0.717, 1.165) is 12.1 Å². The van der Waals surface area contributed by atoms with Crippen LogP contribution in [-0.4, -0.2) is 10.0 Å². The summed E-state index contributed by atoms with van der Waals surface area (Å²) in [4.78, 5) is 9.25. The molecule has 0 spiro atoms. The monoisotopic (exact) mass is 191 g/mol. The summed E-state index contributed by atoms with van der Waals surface area (Å²) < 4.78 is 12.6. The predicted molar refractivity (Wildman–Crippen MR) is 39.7 cm³/mol. The molecule has 0 atom stereocenters. The molecule has 0 aromatic heterocycles. The molecule has 0 saturated carbocycles. The van der Waals surface area contributed by atoms with E-state index in [-0.39, 0.29) is 0 Å². The molecule has 4 nitrogen and oxygen atoms in total. The Balaban J connectivity index is 3.43. The lowest BCUT2D eigenvalue weighted by Gasteiger charge is -1.97. The number of nitrogens with zero attached hydrogens (tertiary/aromatic N) is 1. The van der Waals surface area contributed by atoms with Crippen molar-refractivity contribution in [1.82, 2.24) is 0 Å². The van der Waals surface area contributed by atoms with Crippen molar-refractivity contribution >= 4 is 17.3 Å². The highest BCUT2D eigenvalue weighted by Crippen LogP contribution is 2.34. The molecule has 12 heavy (non-hydrogen) atoms. The number of benzene rings is 1. The van der Waals surface area contributed by atoms with Gasteiger partial charge >= 0.3 is 5.69 Å². The Bertz CT molecular complexity index is 342. The van der Waals surface area contributed by atoms with Crippen LogP contribution in [-0.2, 0) is 0 Å². The molecule has 64 valence electrons. The van der Waals surface area contributed by atoms with E-state index in [0.29, 0.717) is 0 Å². The van der Waals surface area contributed by atoms with Gasteiger partial charge in [0.05, 0.1) is 4.92 Å². The lowest BCUT2D eigenvalue weighted by atomic mass is 10.3. The fourth-order valence-corrected chi connectivity index (χ4v) is 0.932.